The number of aromatic nitrogens is 1. The van der Waals surface area contributed by atoms with E-state index in [9.17, 15) is 9.59 Å². The maximum absolute atomic E-state index is 11.7. The molecule has 1 aromatic heterocycles. The quantitative estimate of drug-likeness (QED) is 0.594. The minimum absolute atomic E-state index is 0.0936. The molecule has 0 atom stereocenters. The van der Waals surface area contributed by atoms with Gasteiger partial charge < -0.3 is 4.74 Å². The molecular weight excluding hydrogens is 218 g/mol. The van der Waals surface area contributed by atoms with Gasteiger partial charge in [0.2, 0.25) is 0 Å². The van der Waals surface area contributed by atoms with E-state index in [-0.39, 0.29) is 24.6 Å². The largest absolute Gasteiger partial charge is 0.460 e. The van der Waals surface area contributed by atoms with E-state index in [0.717, 1.165) is 0 Å². The lowest BCUT2D eigenvalue weighted by molar-refractivity contribution is -0.154. The standard InChI is InChI=1S/C13H17NO3/c1-13(2,3)17-12(16)7-6-11(15)10-5-4-8-14-9-10/h4-5,8-9H,6-7H2,1-3H3. The molecule has 1 rings (SSSR count). The van der Waals surface area contributed by atoms with Crippen LogP contribution >= 0.6 is 0 Å². The van der Waals surface area contributed by atoms with Gasteiger partial charge in [0, 0.05) is 24.4 Å². The Kier molecular flexibility index (Phi) is 4.37. The first kappa shape index (κ1) is 13.4. The minimum atomic E-state index is -0.506. The van der Waals surface area contributed by atoms with Crippen molar-refractivity contribution in [2.24, 2.45) is 0 Å². The van der Waals surface area contributed by atoms with Crippen LogP contribution in [0.25, 0.3) is 0 Å². The number of ether oxygens (including phenoxy) is 1. The summed E-state index contributed by atoms with van der Waals surface area (Å²) in [5.74, 6) is -0.446. The molecule has 4 nitrogen and oxygen atoms in total. The van der Waals surface area contributed by atoms with Crippen molar-refractivity contribution in [2.75, 3.05) is 0 Å². The normalized spacial score (nSPS) is 11.0. The minimum Gasteiger partial charge on any atom is -0.460 e. The Morgan fingerprint density at radius 1 is 1.29 bits per heavy atom. The highest BCUT2D eigenvalue weighted by Gasteiger charge is 2.17. The molecule has 0 radical (unpaired) electrons. The number of ketones is 1. The van der Waals surface area contributed by atoms with Gasteiger partial charge >= 0.3 is 5.97 Å². The Morgan fingerprint density at radius 3 is 2.53 bits per heavy atom. The second-order valence-corrected chi connectivity index (χ2v) is 4.75. The predicted molar refractivity (Wildman–Crippen MR) is 63.6 cm³/mol. The monoisotopic (exact) mass is 235 g/mol. The highest BCUT2D eigenvalue weighted by atomic mass is 16.6. The summed E-state index contributed by atoms with van der Waals surface area (Å²) in [4.78, 5) is 26.9. The van der Waals surface area contributed by atoms with E-state index in [4.69, 9.17) is 4.74 Å². The summed E-state index contributed by atoms with van der Waals surface area (Å²) >= 11 is 0. The van der Waals surface area contributed by atoms with Crippen LogP contribution < -0.4 is 0 Å². The highest BCUT2D eigenvalue weighted by molar-refractivity contribution is 5.97. The first-order chi connectivity index (χ1) is 7.88. The van der Waals surface area contributed by atoms with Crippen molar-refractivity contribution in [1.29, 1.82) is 0 Å². The van der Waals surface area contributed by atoms with Gasteiger partial charge in [-0.25, -0.2) is 0 Å². The van der Waals surface area contributed by atoms with Gasteiger partial charge in [0.15, 0.2) is 5.78 Å². The zero-order valence-electron chi connectivity index (χ0n) is 10.4. The number of rotatable bonds is 4. The first-order valence-electron chi connectivity index (χ1n) is 5.53. The lowest BCUT2D eigenvalue weighted by Gasteiger charge is -2.19. The number of carbonyl (C=O) groups is 2. The molecule has 17 heavy (non-hydrogen) atoms. The molecule has 0 fully saturated rings. The van der Waals surface area contributed by atoms with E-state index in [1.54, 1.807) is 39.1 Å². The van der Waals surface area contributed by atoms with Gasteiger partial charge in [0.25, 0.3) is 0 Å². The molecule has 0 aromatic carbocycles. The summed E-state index contributed by atoms with van der Waals surface area (Å²) < 4.78 is 5.12. The van der Waals surface area contributed by atoms with Crippen molar-refractivity contribution in [1.82, 2.24) is 4.98 Å². The SMILES string of the molecule is CC(C)(C)OC(=O)CCC(=O)c1cccnc1. The van der Waals surface area contributed by atoms with Crippen LogP contribution in [0.15, 0.2) is 24.5 Å². The molecular formula is C13H17NO3. The van der Waals surface area contributed by atoms with Crippen molar-refractivity contribution in [3.8, 4) is 0 Å². The third-order valence-electron chi connectivity index (χ3n) is 1.96. The molecule has 4 heteroatoms. The van der Waals surface area contributed by atoms with Gasteiger partial charge in [-0.1, -0.05) is 0 Å². The van der Waals surface area contributed by atoms with Crippen LogP contribution in [0.1, 0.15) is 44.0 Å². The van der Waals surface area contributed by atoms with Crippen LogP contribution in [0.5, 0.6) is 0 Å². The molecule has 0 aliphatic rings. The van der Waals surface area contributed by atoms with Crippen molar-refractivity contribution in [2.45, 2.75) is 39.2 Å². The fourth-order valence-corrected chi connectivity index (χ4v) is 1.28. The van der Waals surface area contributed by atoms with Crippen molar-refractivity contribution in [3.05, 3.63) is 30.1 Å². The van der Waals surface area contributed by atoms with E-state index >= 15 is 0 Å². The van der Waals surface area contributed by atoms with Gasteiger partial charge in [-0.3, -0.25) is 14.6 Å². The van der Waals surface area contributed by atoms with E-state index in [0.29, 0.717) is 5.56 Å². The average molecular weight is 235 g/mol. The Hall–Kier alpha value is -1.71. The summed E-state index contributed by atoms with van der Waals surface area (Å²) in [5, 5.41) is 0. The topological polar surface area (TPSA) is 56.3 Å². The van der Waals surface area contributed by atoms with Crippen molar-refractivity contribution in [3.63, 3.8) is 0 Å². The number of carbonyl (C=O) groups excluding carboxylic acids is 2. The third-order valence-corrected chi connectivity index (χ3v) is 1.96. The molecule has 0 saturated heterocycles. The van der Waals surface area contributed by atoms with Crippen LogP contribution in [0.3, 0.4) is 0 Å². The Labute approximate surface area is 101 Å². The van der Waals surface area contributed by atoms with Crippen LogP contribution in [-0.4, -0.2) is 22.3 Å². The zero-order chi connectivity index (χ0) is 12.9. The van der Waals surface area contributed by atoms with Crippen LogP contribution in [0.2, 0.25) is 0 Å². The van der Waals surface area contributed by atoms with Crippen molar-refractivity contribution < 1.29 is 14.3 Å². The lowest BCUT2D eigenvalue weighted by Crippen LogP contribution is -2.24. The molecule has 1 heterocycles. The van der Waals surface area contributed by atoms with Crippen LogP contribution in [0.4, 0.5) is 0 Å². The molecule has 0 saturated carbocycles. The molecule has 0 aliphatic carbocycles. The smallest absolute Gasteiger partial charge is 0.306 e. The number of esters is 1. The van der Waals surface area contributed by atoms with Gasteiger partial charge in [0.05, 0.1) is 6.42 Å². The van der Waals surface area contributed by atoms with Crippen molar-refractivity contribution >= 4 is 11.8 Å². The Balaban J connectivity index is 2.42. The Bertz CT molecular complexity index is 393. The summed E-state index contributed by atoms with van der Waals surface area (Å²) in [6.07, 6.45) is 3.35. The number of nitrogens with zero attached hydrogens (tertiary/aromatic N) is 1. The van der Waals surface area contributed by atoms with E-state index in [1.807, 2.05) is 0 Å². The van der Waals surface area contributed by atoms with Gasteiger partial charge in [0.1, 0.15) is 5.60 Å². The molecule has 0 unspecified atom stereocenters. The van der Waals surface area contributed by atoms with Gasteiger partial charge in [-0.05, 0) is 32.9 Å². The van der Waals surface area contributed by atoms with E-state index in [1.165, 1.54) is 6.20 Å². The third kappa shape index (κ3) is 5.24. The molecule has 0 bridgehead atoms. The molecule has 0 amide bonds. The fourth-order valence-electron chi connectivity index (χ4n) is 1.28. The first-order valence-corrected chi connectivity index (χ1v) is 5.53. The lowest BCUT2D eigenvalue weighted by atomic mass is 10.1. The van der Waals surface area contributed by atoms with Crippen LogP contribution in [-0.2, 0) is 9.53 Å². The molecule has 0 aliphatic heterocycles. The van der Waals surface area contributed by atoms with Gasteiger partial charge in [-0.2, -0.15) is 0 Å². The van der Waals surface area contributed by atoms with Crippen LogP contribution in [0, 0.1) is 0 Å². The fraction of sp³-hybridized carbons (Fsp3) is 0.462. The molecule has 1 aromatic rings. The predicted octanol–water partition coefficient (Wildman–Crippen LogP) is 2.39. The average Bonchev–Trinajstić information content (AvgIpc) is 2.25. The maximum atomic E-state index is 11.7. The molecule has 0 spiro atoms. The maximum Gasteiger partial charge on any atom is 0.306 e. The zero-order valence-corrected chi connectivity index (χ0v) is 10.4. The summed E-state index contributed by atoms with van der Waals surface area (Å²) in [5.41, 5.74) is 0.0186. The van der Waals surface area contributed by atoms with E-state index in [2.05, 4.69) is 4.98 Å². The van der Waals surface area contributed by atoms with E-state index < -0.39 is 5.60 Å². The highest BCUT2D eigenvalue weighted by Crippen LogP contribution is 2.10. The number of pyridine rings is 1. The second-order valence-electron chi connectivity index (χ2n) is 4.75. The number of Topliss-reactive ketones (excluding diaryl/α,β-unsaturated/α-hetero) is 1. The second kappa shape index (κ2) is 5.57. The summed E-state index contributed by atoms with van der Waals surface area (Å²) in [6.45, 7) is 5.40. The molecule has 0 N–H and O–H groups in total. The Morgan fingerprint density at radius 2 is 2.00 bits per heavy atom. The summed E-state index contributed by atoms with van der Waals surface area (Å²) in [7, 11) is 0. The number of hydrogen-bond donors (Lipinski definition) is 0. The molecule has 92 valence electrons. The van der Waals surface area contributed by atoms with Gasteiger partial charge in [-0.15, -0.1) is 0 Å². The summed E-state index contributed by atoms with van der Waals surface area (Å²) in [6, 6.07) is 3.38. The number of hydrogen-bond acceptors (Lipinski definition) is 4.